The number of benzene rings is 3. The molecule has 0 atom stereocenters. The Morgan fingerprint density at radius 1 is 0.862 bits per heavy atom. The lowest BCUT2D eigenvalue weighted by molar-refractivity contribution is -0.136. The van der Waals surface area contributed by atoms with E-state index in [9.17, 15) is 9.90 Å². The first-order valence-corrected chi connectivity index (χ1v) is 10.1. The van der Waals surface area contributed by atoms with Crippen LogP contribution in [0.3, 0.4) is 0 Å². The van der Waals surface area contributed by atoms with Crippen LogP contribution in [-0.2, 0) is 21.6 Å². The maximum absolute atomic E-state index is 11.2. The van der Waals surface area contributed by atoms with Gasteiger partial charge >= 0.3 is 5.97 Å². The lowest BCUT2D eigenvalue weighted by Crippen LogP contribution is -2.02. The summed E-state index contributed by atoms with van der Waals surface area (Å²) in [6.07, 6.45) is -0.114. The molecular weight excluding hydrogens is 454 g/mol. The van der Waals surface area contributed by atoms with Crippen molar-refractivity contribution in [3.8, 4) is 16.9 Å². The monoisotopic (exact) mass is 468 g/mol. The minimum atomic E-state index is -1.50. The smallest absolute Gasteiger partial charge is 0.307 e. The molecule has 0 aliphatic heterocycles. The summed E-state index contributed by atoms with van der Waals surface area (Å²) in [6, 6.07) is 19.8. The first-order valence-electron chi connectivity index (χ1n) is 8.61. The molecule has 3 nitrogen and oxygen atoms in total. The Kier molecular flexibility index (Phi) is 6.97. The molecule has 0 heterocycles. The van der Waals surface area contributed by atoms with Crippen molar-refractivity contribution in [2.45, 2.75) is 16.8 Å². The molecule has 3 aromatic rings. The fourth-order valence-corrected chi connectivity index (χ4v) is 3.29. The van der Waals surface area contributed by atoms with E-state index in [2.05, 4.69) is 0 Å². The van der Waals surface area contributed by atoms with Crippen LogP contribution < -0.4 is 4.74 Å². The van der Waals surface area contributed by atoms with Crippen LogP contribution in [0.5, 0.6) is 5.75 Å². The van der Waals surface area contributed by atoms with Gasteiger partial charge in [-0.05, 0) is 46.5 Å². The molecule has 150 valence electrons. The minimum Gasteiger partial charge on any atom is -0.489 e. The van der Waals surface area contributed by atoms with Crippen molar-refractivity contribution in [2.24, 2.45) is 0 Å². The average Bonchev–Trinajstić information content (AvgIpc) is 2.66. The topological polar surface area (TPSA) is 46.5 Å². The van der Waals surface area contributed by atoms with E-state index in [1.165, 1.54) is 0 Å². The van der Waals surface area contributed by atoms with Crippen LogP contribution in [0.25, 0.3) is 11.1 Å². The Labute approximate surface area is 188 Å². The molecule has 0 unspecified atom stereocenters. The number of carboxylic acids is 1. The molecular formula is C22H16Cl4O3. The molecule has 0 aliphatic carbocycles. The lowest BCUT2D eigenvalue weighted by Gasteiger charge is -2.14. The van der Waals surface area contributed by atoms with Crippen molar-refractivity contribution in [1.82, 2.24) is 0 Å². The van der Waals surface area contributed by atoms with Gasteiger partial charge in [-0.2, -0.15) is 0 Å². The number of alkyl halides is 3. The standard InChI is InChI=1S/C22H16Cl4O3/c23-19-7-1-14(2-8-19)13-29-20-10-15(11-21(27)28)9-17(12-20)16-3-5-18(6-4-16)22(24,25)26/h1-10,12H,11,13H2,(H,27,28). The predicted octanol–water partition coefficient (Wildman–Crippen LogP) is 7.04. The van der Waals surface area contributed by atoms with Gasteiger partial charge in [0, 0.05) is 10.6 Å². The van der Waals surface area contributed by atoms with Crippen molar-refractivity contribution in [1.29, 1.82) is 0 Å². The largest absolute Gasteiger partial charge is 0.489 e. The molecule has 0 spiro atoms. The molecule has 0 aliphatic rings. The van der Waals surface area contributed by atoms with Gasteiger partial charge in [-0.3, -0.25) is 4.79 Å². The molecule has 0 saturated heterocycles. The highest BCUT2D eigenvalue weighted by atomic mass is 35.6. The van der Waals surface area contributed by atoms with Gasteiger partial charge in [0.1, 0.15) is 12.4 Å². The number of aliphatic carboxylic acids is 1. The van der Waals surface area contributed by atoms with E-state index in [4.69, 9.17) is 51.1 Å². The van der Waals surface area contributed by atoms with Crippen molar-refractivity contribution in [3.05, 3.63) is 88.4 Å². The highest BCUT2D eigenvalue weighted by Gasteiger charge is 2.22. The predicted molar refractivity (Wildman–Crippen MR) is 118 cm³/mol. The number of hydrogen-bond donors (Lipinski definition) is 1. The average molecular weight is 470 g/mol. The first kappa shape index (κ1) is 21.8. The summed E-state index contributed by atoms with van der Waals surface area (Å²) in [5.74, 6) is -0.350. The zero-order valence-corrected chi connectivity index (χ0v) is 18.1. The van der Waals surface area contributed by atoms with Gasteiger partial charge in [-0.25, -0.2) is 0 Å². The number of halogens is 4. The molecule has 1 N–H and O–H groups in total. The SMILES string of the molecule is O=C(O)Cc1cc(OCc2ccc(Cl)cc2)cc(-c2ccc(C(Cl)(Cl)Cl)cc2)c1. The Morgan fingerprint density at radius 3 is 2.10 bits per heavy atom. The fourth-order valence-electron chi connectivity index (χ4n) is 2.79. The van der Waals surface area contributed by atoms with Gasteiger partial charge in [0.15, 0.2) is 0 Å². The molecule has 0 aromatic heterocycles. The third-order valence-electron chi connectivity index (χ3n) is 4.19. The molecule has 7 heteroatoms. The highest BCUT2D eigenvalue weighted by Crippen LogP contribution is 2.39. The molecule has 3 rings (SSSR count). The molecule has 0 saturated carbocycles. The number of ether oxygens (including phenoxy) is 1. The zero-order valence-electron chi connectivity index (χ0n) is 15.0. The fraction of sp³-hybridized carbons (Fsp3) is 0.136. The van der Waals surface area contributed by atoms with Crippen LogP contribution >= 0.6 is 46.4 Å². The second-order valence-electron chi connectivity index (χ2n) is 6.43. The van der Waals surface area contributed by atoms with E-state index >= 15 is 0 Å². The summed E-state index contributed by atoms with van der Waals surface area (Å²) in [5, 5.41) is 9.83. The van der Waals surface area contributed by atoms with Crippen LogP contribution in [0, 0.1) is 0 Å². The van der Waals surface area contributed by atoms with Gasteiger partial charge in [-0.1, -0.05) is 88.9 Å². The normalized spacial score (nSPS) is 11.3. The summed E-state index contributed by atoms with van der Waals surface area (Å²) < 4.78 is 4.39. The van der Waals surface area contributed by atoms with Crippen LogP contribution in [0.4, 0.5) is 0 Å². The Hall–Kier alpha value is -1.91. The first-order chi connectivity index (χ1) is 13.7. The zero-order chi connectivity index (χ0) is 21.0. The summed E-state index contributed by atoms with van der Waals surface area (Å²) in [6.45, 7) is 0.333. The molecule has 3 aromatic carbocycles. The quantitative estimate of drug-likeness (QED) is 0.393. The Bertz CT molecular complexity index is 994. The summed E-state index contributed by atoms with van der Waals surface area (Å²) in [7, 11) is 0. The maximum Gasteiger partial charge on any atom is 0.307 e. The number of rotatable bonds is 6. The number of hydrogen-bond acceptors (Lipinski definition) is 2. The van der Waals surface area contributed by atoms with Crippen molar-refractivity contribution < 1.29 is 14.6 Å². The van der Waals surface area contributed by atoms with Gasteiger partial charge < -0.3 is 9.84 Å². The number of carboxylic acid groups (broad SMARTS) is 1. The molecule has 0 amide bonds. The molecule has 29 heavy (non-hydrogen) atoms. The van der Waals surface area contributed by atoms with E-state index in [1.54, 1.807) is 30.3 Å². The van der Waals surface area contributed by atoms with E-state index in [0.717, 1.165) is 16.7 Å². The van der Waals surface area contributed by atoms with Crippen LogP contribution in [0.15, 0.2) is 66.7 Å². The number of carbonyl (C=O) groups is 1. The van der Waals surface area contributed by atoms with Gasteiger partial charge in [0.2, 0.25) is 3.79 Å². The second-order valence-corrected chi connectivity index (χ2v) is 9.14. The second kappa shape index (κ2) is 9.27. The third-order valence-corrected chi connectivity index (χ3v) is 5.09. The van der Waals surface area contributed by atoms with E-state index < -0.39 is 9.76 Å². The van der Waals surface area contributed by atoms with Crippen molar-refractivity contribution >= 4 is 52.4 Å². The van der Waals surface area contributed by atoms with Crippen LogP contribution in [-0.4, -0.2) is 11.1 Å². The summed E-state index contributed by atoms with van der Waals surface area (Å²) in [5.41, 5.74) is 3.79. The van der Waals surface area contributed by atoms with E-state index in [0.29, 0.717) is 28.5 Å². The Balaban J connectivity index is 1.88. The molecule has 0 fully saturated rings. The summed E-state index contributed by atoms with van der Waals surface area (Å²) in [4.78, 5) is 11.2. The molecule has 0 bridgehead atoms. The maximum atomic E-state index is 11.2. The molecule has 0 radical (unpaired) electrons. The van der Waals surface area contributed by atoms with Gasteiger partial charge in [0.05, 0.1) is 6.42 Å². The van der Waals surface area contributed by atoms with Crippen molar-refractivity contribution in [2.75, 3.05) is 0 Å². The minimum absolute atomic E-state index is 0.114. The van der Waals surface area contributed by atoms with Crippen LogP contribution in [0.2, 0.25) is 5.02 Å². The lowest BCUT2D eigenvalue weighted by atomic mass is 10.00. The van der Waals surface area contributed by atoms with E-state index in [1.807, 2.05) is 36.4 Å². The van der Waals surface area contributed by atoms with Crippen molar-refractivity contribution in [3.63, 3.8) is 0 Å². The van der Waals surface area contributed by atoms with Gasteiger partial charge in [0.25, 0.3) is 0 Å². The highest BCUT2D eigenvalue weighted by molar-refractivity contribution is 6.66. The Morgan fingerprint density at radius 2 is 1.52 bits per heavy atom. The van der Waals surface area contributed by atoms with Gasteiger partial charge in [-0.15, -0.1) is 0 Å². The van der Waals surface area contributed by atoms with E-state index in [-0.39, 0.29) is 6.42 Å². The van der Waals surface area contributed by atoms with Crippen LogP contribution in [0.1, 0.15) is 16.7 Å². The third kappa shape index (κ3) is 6.28. The summed E-state index contributed by atoms with van der Waals surface area (Å²) >= 11 is 23.6.